The highest BCUT2D eigenvalue weighted by Crippen LogP contribution is 2.31. The minimum Gasteiger partial charge on any atom is -0.485 e. The Bertz CT molecular complexity index is 986. The van der Waals surface area contributed by atoms with Crippen molar-refractivity contribution in [3.63, 3.8) is 0 Å². The predicted molar refractivity (Wildman–Crippen MR) is 107 cm³/mol. The molecule has 8 heteroatoms. The van der Waals surface area contributed by atoms with Gasteiger partial charge in [-0.25, -0.2) is 0 Å². The second-order valence-electron chi connectivity index (χ2n) is 6.69. The van der Waals surface area contributed by atoms with E-state index in [4.69, 9.17) is 4.74 Å². The van der Waals surface area contributed by atoms with Crippen molar-refractivity contribution in [3.8, 4) is 5.75 Å². The number of thioether (sulfide) groups is 1. The van der Waals surface area contributed by atoms with Crippen molar-refractivity contribution in [1.29, 1.82) is 0 Å². The fraction of sp³-hybridized carbons (Fsp3) is 0.333. The van der Waals surface area contributed by atoms with E-state index in [1.807, 2.05) is 37.5 Å². The van der Waals surface area contributed by atoms with Crippen LogP contribution in [0.15, 0.2) is 47.6 Å². The van der Waals surface area contributed by atoms with Crippen LogP contribution in [0.2, 0.25) is 0 Å². The van der Waals surface area contributed by atoms with Crippen LogP contribution in [0.25, 0.3) is 0 Å². The maximum atomic E-state index is 12.9. The molecule has 3 rings (SSSR count). The van der Waals surface area contributed by atoms with Crippen LogP contribution in [-0.2, 0) is 25.1 Å². The lowest BCUT2D eigenvalue weighted by atomic mass is 10.1. The van der Waals surface area contributed by atoms with Gasteiger partial charge in [-0.3, -0.25) is 0 Å². The maximum absolute atomic E-state index is 12.9. The molecule has 29 heavy (non-hydrogen) atoms. The lowest BCUT2D eigenvalue weighted by Gasteiger charge is -2.11. The predicted octanol–water partition coefficient (Wildman–Crippen LogP) is 5.80. The SMILES string of the molecule is CCn1c(COc2ccc(C)cc2C)nnc1SCc1cccc(C(F)(F)F)c1. The van der Waals surface area contributed by atoms with Crippen LogP contribution < -0.4 is 4.74 Å². The molecule has 154 valence electrons. The summed E-state index contributed by atoms with van der Waals surface area (Å²) in [7, 11) is 0. The summed E-state index contributed by atoms with van der Waals surface area (Å²) < 4.78 is 46.5. The van der Waals surface area contributed by atoms with Gasteiger partial charge in [0.25, 0.3) is 0 Å². The monoisotopic (exact) mass is 421 g/mol. The van der Waals surface area contributed by atoms with Crippen LogP contribution in [0.3, 0.4) is 0 Å². The largest absolute Gasteiger partial charge is 0.485 e. The Hall–Kier alpha value is -2.48. The Balaban J connectivity index is 1.68. The number of aromatic nitrogens is 3. The van der Waals surface area contributed by atoms with Crippen molar-refractivity contribution in [3.05, 3.63) is 70.5 Å². The highest BCUT2D eigenvalue weighted by Gasteiger charge is 2.30. The quantitative estimate of drug-likeness (QED) is 0.452. The smallest absolute Gasteiger partial charge is 0.416 e. The Morgan fingerprint density at radius 1 is 1.07 bits per heavy atom. The van der Waals surface area contributed by atoms with Gasteiger partial charge < -0.3 is 9.30 Å². The van der Waals surface area contributed by atoms with Crippen LogP contribution >= 0.6 is 11.8 Å². The Labute approximate surface area is 172 Å². The van der Waals surface area contributed by atoms with Crippen LogP contribution in [0.5, 0.6) is 5.75 Å². The fourth-order valence-corrected chi connectivity index (χ4v) is 3.90. The molecule has 0 unspecified atom stereocenters. The molecule has 0 aliphatic rings. The second kappa shape index (κ2) is 8.90. The number of benzene rings is 2. The van der Waals surface area contributed by atoms with Gasteiger partial charge in [0.05, 0.1) is 5.56 Å². The summed E-state index contributed by atoms with van der Waals surface area (Å²) in [6.45, 7) is 6.90. The molecule has 0 N–H and O–H groups in total. The molecule has 1 aromatic heterocycles. The van der Waals surface area contributed by atoms with Crippen LogP contribution in [-0.4, -0.2) is 14.8 Å². The standard InChI is InChI=1S/C21H22F3N3OS/c1-4-27-19(12-28-18-9-8-14(2)10-15(18)3)25-26-20(27)29-13-16-6-5-7-17(11-16)21(22,23)24/h5-11H,4,12-13H2,1-3H3. The molecule has 2 aromatic carbocycles. The van der Waals surface area contributed by atoms with E-state index in [0.717, 1.165) is 17.4 Å². The Morgan fingerprint density at radius 3 is 2.55 bits per heavy atom. The summed E-state index contributed by atoms with van der Waals surface area (Å²) in [5.74, 6) is 1.85. The Morgan fingerprint density at radius 2 is 1.86 bits per heavy atom. The number of halogens is 3. The summed E-state index contributed by atoms with van der Waals surface area (Å²) in [4.78, 5) is 0. The minimum atomic E-state index is -4.34. The van der Waals surface area contributed by atoms with E-state index in [-0.39, 0.29) is 6.61 Å². The molecule has 0 radical (unpaired) electrons. The lowest BCUT2D eigenvalue weighted by molar-refractivity contribution is -0.137. The highest BCUT2D eigenvalue weighted by atomic mass is 32.2. The molecule has 0 fully saturated rings. The first kappa shape index (κ1) is 21.2. The van der Waals surface area contributed by atoms with E-state index in [9.17, 15) is 13.2 Å². The van der Waals surface area contributed by atoms with Gasteiger partial charge in [-0.05, 0) is 44.0 Å². The van der Waals surface area contributed by atoms with Gasteiger partial charge in [0, 0.05) is 12.3 Å². The van der Waals surface area contributed by atoms with E-state index in [1.165, 1.54) is 29.5 Å². The molecule has 0 aliphatic heterocycles. The van der Waals surface area contributed by atoms with E-state index >= 15 is 0 Å². The average Bonchev–Trinajstić information content (AvgIpc) is 3.07. The molecule has 0 saturated heterocycles. The first-order valence-electron chi connectivity index (χ1n) is 9.19. The third-order valence-corrected chi connectivity index (χ3v) is 5.46. The first-order valence-corrected chi connectivity index (χ1v) is 10.2. The van der Waals surface area contributed by atoms with Gasteiger partial charge in [0.2, 0.25) is 0 Å². The zero-order chi connectivity index (χ0) is 21.0. The minimum absolute atomic E-state index is 0.273. The van der Waals surface area contributed by atoms with Crippen LogP contribution in [0.1, 0.15) is 35.0 Å². The van der Waals surface area contributed by atoms with Crippen molar-refractivity contribution in [2.45, 2.75) is 51.0 Å². The summed E-state index contributed by atoms with van der Waals surface area (Å²) in [6, 6.07) is 11.3. The van der Waals surface area contributed by atoms with Crippen molar-refractivity contribution in [2.24, 2.45) is 0 Å². The zero-order valence-corrected chi connectivity index (χ0v) is 17.3. The number of ether oxygens (including phenoxy) is 1. The van der Waals surface area contributed by atoms with Gasteiger partial charge in [-0.2, -0.15) is 13.2 Å². The molecule has 4 nitrogen and oxygen atoms in total. The number of hydrogen-bond acceptors (Lipinski definition) is 4. The molecule has 0 aliphatic carbocycles. The number of nitrogens with zero attached hydrogens (tertiary/aromatic N) is 3. The highest BCUT2D eigenvalue weighted by molar-refractivity contribution is 7.98. The molecule has 3 aromatic rings. The molecule has 0 amide bonds. The Kier molecular flexibility index (Phi) is 6.52. The normalized spacial score (nSPS) is 11.7. The van der Waals surface area contributed by atoms with Crippen LogP contribution in [0.4, 0.5) is 13.2 Å². The maximum Gasteiger partial charge on any atom is 0.416 e. The van der Waals surface area contributed by atoms with E-state index in [0.29, 0.717) is 28.8 Å². The number of aryl methyl sites for hydroxylation is 2. The van der Waals surface area contributed by atoms with Crippen molar-refractivity contribution >= 4 is 11.8 Å². The third kappa shape index (κ3) is 5.32. The molecule has 0 bridgehead atoms. The summed E-state index contributed by atoms with van der Waals surface area (Å²) in [5.41, 5.74) is 2.16. The van der Waals surface area contributed by atoms with Gasteiger partial charge in [0.1, 0.15) is 12.4 Å². The van der Waals surface area contributed by atoms with E-state index in [1.54, 1.807) is 6.07 Å². The third-order valence-electron chi connectivity index (χ3n) is 4.42. The summed E-state index contributed by atoms with van der Waals surface area (Å²) in [6.07, 6.45) is -4.34. The van der Waals surface area contributed by atoms with Gasteiger partial charge in [0.15, 0.2) is 11.0 Å². The van der Waals surface area contributed by atoms with Gasteiger partial charge >= 0.3 is 6.18 Å². The first-order chi connectivity index (χ1) is 13.8. The summed E-state index contributed by atoms with van der Waals surface area (Å²) >= 11 is 1.36. The van der Waals surface area contributed by atoms with Crippen molar-refractivity contribution in [2.75, 3.05) is 0 Å². The van der Waals surface area contributed by atoms with Crippen molar-refractivity contribution in [1.82, 2.24) is 14.8 Å². The molecule has 1 heterocycles. The summed E-state index contributed by atoms with van der Waals surface area (Å²) in [5, 5.41) is 9.06. The topological polar surface area (TPSA) is 39.9 Å². The molecular formula is C21H22F3N3OS. The number of hydrogen-bond donors (Lipinski definition) is 0. The van der Waals surface area contributed by atoms with Gasteiger partial charge in [-0.15, -0.1) is 10.2 Å². The number of alkyl halides is 3. The second-order valence-corrected chi connectivity index (χ2v) is 7.63. The molecule has 0 atom stereocenters. The number of rotatable bonds is 7. The molecule has 0 spiro atoms. The zero-order valence-electron chi connectivity index (χ0n) is 16.5. The van der Waals surface area contributed by atoms with E-state index in [2.05, 4.69) is 16.3 Å². The van der Waals surface area contributed by atoms with E-state index < -0.39 is 11.7 Å². The average molecular weight is 421 g/mol. The van der Waals surface area contributed by atoms with Crippen molar-refractivity contribution < 1.29 is 17.9 Å². The molecular weight excluding hydrogens is 399 g/mol. The fourth-order valence-electron chi connectivity index (χ4n) is 2.94. The van der Waals surface area contributed by atoms with Gasteiger partial charge in [-0.1, -0.05) is 47.7 Å². The lowest BCUT2D eigenvalue weighted by Crippen LogP contribution is -2.07. The molecule has 0 saturated carbocycles. The van der Waals surface area contributed by atoms with Crippen LogP contribution in [0, 0.1) is 13.8 Å².